The van der Waals surface area contributed by atoms with E-state index in [0.717, 1.165) is 5.92 Å². The van der Waals surface area contributed by atoms with Crippen LogP contribution in [-0.4, -0.2) is 0 Å². The molecule has 0 amide bonds. The molecule has 0 spiro atoms. The number of allylic oxidation sites excluding steroid dienone is 4. The quantitative estimate of drug-likeness (QED) is 0.476. The first kappa shape index (κ1) is 8.10. The van der Waals surface area contributed by atoms with E-state index >= 15 is 0 Å². The van der Waals surface area contributed by atoms with E-state index in [2.05, 4.69) is 32.1 Å². The molecule has 0 saturated heterocycles. The summed E-state index contributed by atoms with van der Waals surface area (Å²) >= 11 is 0. The van der Waals surface area contributed by atoms with Gasteiger partial charge in [-0.2, -0.15) is 0 Å². The lowest BCUT2D eigenvalue weighted by molar-refractivity contribution is 0.692. The molecular weight excluding hydrogens is 144 g/mol. The molecule has 1 fully saturated rings. The van der Waals surface area contributed by atoms with Gasteiger partial charge in [0.05, 0.1) is 0 Å². The fourth-order valence-corrected chi connectivity index (χ4v) is 2.13. The van der Waals surface area contributed by atoms with Crippen molar-refractivity contribution in [3.8, 4) is 0 Å². The summed E-state index contributed by atoms with van der Waals surface area (Å²) < 4.78 is 0. The molecule has 0 heteroatoms. The summed E-state index contributed by atoms with van der Waals surface area (Å²) in [6.45, 7) is 4.66. The molecule has 0 aromatic carbocycles. The van der Waals surface area contributed by atoms with Crippen LogP contribution in [0.5, 0.6) is 0 Å². The zero-order valence-corrected chi connectivity index (χ0v) is 8.14. The molecule has 2 atom stereocenters. The molecule has 0 aromatic heterocycles. The van der Waals surface area contributed by atoms with E-state index in [0.29, 0.717) is 5.41 Å². The molecule has 2 aliphatic rings. The average Bonchev–Trinajstić information content (AvgIpc) is 2.59. The SMILES string of the molecule is C/C1=C\C2CC2(C)/C=C/CCC1. The van der Waals surface area contributed by atoms with Crippen molar-refractivity contribution in [3.05, 3.63) is 23.8 Å². The van der Waals surface area contributed by atoms with Gasteiger partial charge in [0.2, 0.25) is 0 Å². The molecule has 0 aromatic rings. The summed E-state index contributed by atoms with van der Waals surface area (Å²) in [5, 5.41) is 0. The van der Waals surface area contributed by atoms with E-state index in [-0.39, 0.29) is 0 Å². The van der Waals surface area contributed by atoms with Crippen LogP contribution < -0.4 is 0 Å². The van der Waals surface area contributed by atoms with Crippen molar-refractivity contribution in [3.63, 3.8) is 0 Å². The second-order valence-corrected chi connectivity index (χ2v) is 4.62. The minimum absolute atomic E-state index is 0.533. The second kappa shape index (κ2) is 2.76. The molecule has 0 N–H and O–H groups in total. The fourth-order valence-electron chi connectivity index (χ4n) is 2.13. The average molecular weight is 162 g/mol. The summed E-state index contributed by atoms with van der Waals surface area (Å²) in [6.07, 6.45) is 12.6. The van der Waals surface area contributed by atoms with Gasteiger partial charge in [-0.1, -0.05) is 30.7 Å². The van der Waals surface area contributed by atoms with Gasteiger partial charge in [0.1, 0.15) is 0 Å². The Labute approximate surface area is 75.4 Å². The molecule has 2 aliphatic carbocycles. The Morgan fingerprint density at radius 2 is 2.33 bits per heavy atom. The van der Waals surface area contributed by atoms with Crippen LogP contribution in [0.4, 0.5) is 0 Å². The van der Waals surface area contributed by atoms with Gasteiger partial charge in [-0.3, -0.25) is 0 Å². The zero-order chi connectivity index (χ0) is 8.60. The molecule has 0 radical (unpaired) electrons. The number of fused-ring (bicyclic) bond motifs is 1. The molecule has 0 aliphatic heterocycles. The predicted octanol–water partition coefficient (Wildman–Crippen LogP) is 3.70. The van der Waals surface area contributed by atoms with Gasteiger partial charge in [-0.05, 0) is 43.9 Å². The molecule has 66 valence electrons. The van der Waals surface area contributed by atoms with Crippen molar-refractivity contribution in [1.82, 2.24) is 0 Å². The fraction of sp³-hybridized carbons (Fsp3) is 0.667. The summed E-state index contributed by atoms with van der Waals surface area (Å²) in [6, 6.07) is 0. The Morgan fingerprint density at radius 3 is 3.17 bits per heavy atom. The Balaban J connectivity index is 2.15. The van der Waals surface area contributed by atoms with Crippen LogP contribution in [0, 0.1) is 11.3 Å². The lowest BCUT2D eigenvalue weighted by Gasteiger charge is -2.00. The predicted molar refractivity (Wildman–Crippen MR) is 53.0 cm³/mol. The van der Waals surface area contributed by atoms with Gasteiger partial charge in [-0.15, -0.1) is 0 Å². The number of hydrogen-bond acceptors (Lipinski definition) is 0. The standard InChI is InChI=1S/C12H18/c1-10-6-4-3-5-7-12(2)9-11(12)8-10/h5,7-8,11H,3-4,6,9H2,1-2H3/b7-5+,10-8+. The van der Waals surface area contributed by atoms with Gasteiger partial charge in [0.25, 0.3) is 0 Å². The van der Waals surface area contributed by atoms with E-state index < -0.39 is 0 Å². The summed E-state index contributed by atoms with van der Waals surface area (Å²) in [5.74, 6) is 0.854. The first-order valence-corrected chi connectivity index (χ1v) is 5.06. The van der Waals surface area contributed by atoms with E-state index in [4.69, 9.17) is 0 Å². The Hall–Kier alpha value is -0.520. The summed E-state index contributed by atoms with van der Waals surface area (Å²) in [7, 11) is 0. The van der Waals surface area contributed by atoms with E-state index in [1.54, 1.807) is 5.57 Å². The molecule has 2 rings (SSSR count). The zero-order valence-electron chi connectivity index (χ0n) is 8.14. The lowest BCUT2D eigenvalue weighted by Crippen LogP contribution is -1.89. The normalized spacial score (nSPS) is 47.5. The van der Waals surface area contributed by atoms with Crippen molar-refractivity contribution < 1.29 is 0 Å². The third-order valence-corrected chi connectivity index (χ3v) is 3.27. The molecule has 0 bridgehead atoms. The number of hydrogen-bond donors (Lipinski definition) is 0. The van der Waals surface area contributed by atoms with Gasteiger partial charge in [-0.25, -0.2) is 0 Å². The first-order chi connectivity index (χ1) is 5.71. The highest BCUT2D eigenvalue weighted by molar-refractivity contribution is 5.22. The van der Waals surface area contributed by atoms with Crippen LogP contribution in [-0.2, 0) is 0 Å². The minimum atomic E-state index is 0.533. The highest BCUT2D eigenvalue weighted by Gasteiger charge is 2.46. The molecular formula is C12H18. The monoisotopic (exact) mass is 162 g/mol. The highest BCUT2D eigenvalue weighted by Crippen LogP contribution is 2.55. The Morgan fingerprint density at radius 1 is 1.50 bits per heavy atom. The maximum Gasteiger partial charge on any atom is -0.00775 e. The first-order valence-electron chi connectivity index (χ1n) is 5.06. The molecule has 2 unspecified atom stereocenters. The van der Waals surface area contributed by atoms with Crippen LogP contribution in [0.1, 0.15) is 39.5 Å². The van der Waals surface area contributed by atoms with Crippen molar-refractivity contribution in [2.75, 3.05) is 0 Å². The van der Waals surface area contributed by atoms with Gasteiger partial charge >= 0.3 is 0 Å². The van der Waals surface area contributed by atoms with Crippen molar-refractivity contribution >= 4 is 0 Å². The molecule has 0 nitrogen and oxygen atoms in total. The highest BCUT2D eigenvalue weighted by atomic mass is 14.5. The van der Waals surface area contributed by atoms with E-state index in [9.17, 15) is 0 Å². The van der Waals surface area contributed by atoms with E-state index in [1.165, 1.54) is 25.7 Å². The Kier molecular flexibility index (Phi) is 1.86. The topological polar surface area (TPSA) is 0 Å². The molecule has 0 heterocycles. The lowest BCUT2D eigenvalue weighted by atomic mass is 10.1. The summed E-state index contributed by atoms with van der Waals surface area (Å²) in [4.78, 5) is 0. The van der Waals surface area contributed by atoms with Gasteiger partial charge in [0, 0.05) is 0 Å². The van der Waals surface area contributed by atoms with Gasteiger partial charge in [0.15, 0.2) is 0 Å². The summed E-state index contributed by atoms with van der Waals surface area (Å²) in [5.41, 5.74) is 2.14. The van der Waals surface area contributed by atoms with Crippen LogP contribution in [0.3, 0.4) is 0 Å². The smallest absolute Gasteiger partial charge is 0.00775 e. The van der Waals surface area contributed by atoms with Crippen LogP contribution in [0.2, 0.25) is 0 Å². The molecule has 1 saturated carbocycles. The van der Waals surface area contributed by atoms with Crippen molar-refractivity contribution in [2.45, 2.75) is 39.5 Å². The Bertz CT molecular complexity index is 234. The van der Waals surface area contributed by atoms with E-state index in [1.807, 2.05) is 0 Å². The van der Waals surface area contributed by atoms with Crippen molar-refractivity contribution in [2.24, 2.45) is 11.3 Å². The van der Waals surface area contributed by atoms with Crippen LogP contribution in [0.25, 0.3) is 0 Å². The maximum atomic E-state index is 2.50. The largest absolute Gasteiger partial charge is 0.0880 e. The van der Waals surface area contributed by atoms with Crippen LogP contribution in [0.15, 0.2) is 23.8 Å². The number of rotatable bonds is 0. The van der Waals surface area contributed by atoms with Crippen LogP contribution >= 0.6 is 0 Å². The molecule has 12 heavy (non-hydrogen) atoms. The third-order valence-electron chi connectivity index (χ3n) is 3.27. The second-order valence-electron chi connectivity index (χ2n) is 4.62. The minimum Gasteiger partial charge on any atom is -0.0880 e. The maximum absolute atomic E-state index is 2.50. The third kappa shape index (κ3) is 1.48. The van der Waals surface area contributed by atoms with Gasteiger partial charge < -0.3 is 0 Å². The van der Waals surface area contributed by atoms with Crippen molar-refractivity contribution in [1.29, 1.82) is 0 Å².